The lowest BCUT2D eigenvalue weighted by Crippen LogP contribution is -2.04. The first-order valence-corrected chi connectivity index (χ1v) is 6.68. The Morgan fingerprint density at radius 3 is 2.80 bits per heavy atom. The molecule has 0 fully saturated rings. The van der Waals surface area contributed by atoms with Gasteiger partial charge < -0.3 is 15.2 Å². The van der Waals surface area contributed by atoms with Crippen molar-refractivity contribution in [2.75, 3.05) is 12.4 Å². The van der Waals surface area contributed by atoms with Gasteiger partial charge in [-0.25, -0.2) is 9.78 Å². The number of ether oxygens (including phenoxy) is 1. The summed E-state index contributed by atoms with van der Waals surface area (Å²) in [6, 6.07) is 8.47. The molecule has 1 aromatic carbocycles. The first kappa shape index (κ1) is 14.6. The molecular formula is C13H10BrClN2O3. The van der Waals surface area contributed by atoms with E-state index in [1.165, 1.54) is 6.07 Å². The monoisotopic (exact) mass is 356 g/mol. The largest absolute Gasteiger partial charge is 0.495 e. The molecule has 104 valence electrons. The van der Waals surface area contributed by atoms with Crippen LogP contribution in [0.5, 0.6) is 5.75 Å². The number of aromatic carboxylic acids is 1. The molecule has 0 saturated carbocycles. The molecule has 0 unspecified atom stereocenters. The topological polar surface area (TPSA) is 71.5 Å². The summed E-state index contributed by atoms with van der Waals surface area (Å²) in [5.41, 5.74) is 0.525. The van der Waals surface area contributed by atoms with Gasteiger partial charge in [-0.2, -0.15) is 0 Å². The molecule has 0 aliphatic rings. The Kier molecular flexibility index (Phi) is 4.46. The van der Waals surface area contributed by atoms with E-state index in [9.17, 15) is 4.79 Å². The number of hydrogen-bond donors (Lipinski definition) is 2. The van der Waals surface area contributed by atoms with E-state index in [0.717, 1.165) is 10.2 Å². The predicted molar refractivity (Wildman–Crippen MR) is 80.2 cm³/mol. The van der Waals surface area contributed by atoms with Gasteiger partial charge in [0, 0.05) is 11.8 Å². The number of pyridine rings is 1. The van der Waals surface area contributed by atoms with Crippen LogP contribution in [-0.4, -0.2) is 23.2 Å². The lowest BCUT2D eigenvalue weighted by molar-refractivity contribution is 0.0691. The molecule has 20 heavy (non-hydrogen) atoms. The summed E-state index contributed by atoms with van der Waals surface area (Å²) < 4.78 is 6.00. The van der Waals surface area contributed by atoms with Crippen LogP contribution in [-0.2, 0) is 0 Å². The van der Waals surface area contributed by atoms with Crippen LogP contribution < -0.4 is 10.1 Å². The van der Waals surface area contributed by atoms with Gasteiger partial charge in [0.2, 0.25) is 0 Å². The minimum absolute atomic E-state index is 0.0939. The van der Waals surface area contributed by atoms with Crippen molar-refractivity contribution in [3.05, 3.63) is 45.5 Å². The van der Waals surface area contributed by atoms with Crippen molar-refractivity contribution in [1.82, 2.24) is 4.98 Å². The molecule has 0 saturated heterocycles. The summed E-state index contributed by atoms with van der Waals surface area (Å²) in [6.07, 6.45) is 0. The summed E-state index contributed by atoms with van der Waals surface area (Å²) in [7, 11) is 1.56. The van der Waals surface area contributed by atoms with Crippen LogP contribution in [0.25, 0.3) is 0 Å². The molecule has 0 bridgehead atoms. The lowest BCUT2D eigenvalue weighted by Gasteiger charge is -2.09. The summed E-state index contributed by atoms with van der Waals surface area (Å²) in [6.45, 7) is 0. The zero-order valence-electron chi connectivity index (χ0n) is 10.4. The van der Waals surface area contributed by atoms with Crippen LogP contribution in [0.1, 0.15) is 10.5 Å². The Hall–Kier alpha value is -1.79. The fraction of sp³-hybridized carbons (Fsp3) is 0.0769. The molecule has 2 N–H and O–H groups in total. The van der Waals surface area contributed by atoms with E-state index in [1.54, 1.807) is 19.2 Å². The van der Waals surface area contributed by atoms with Crippen LogP contribution >= 0.6 is 27.5 Å². The number of carboxylic acids is 1. The fourth-order valence-electron chi connectivity index (χ4n) is 1.55. The Labute approximate surface area is 128 Å². The number of benzene rings is 1. The number of anilines is 2. The SMILES string of the molecule is COc1cc(Nc2ccc(Cl)c(C(=O)O)n2)ccc1Br. The van der Waals surface area contributed by atoms with E-state index < -0.39 is 5.97 Å². The number of nitrogens with one attached hydrogen (secondary N) is 1. The summed E-state index contributed by atoms with van der Waals surface area (Å²) in [4.78, 5) is 14.9. The highest BCUT2D eigenvalue weighted by atomic mass is 79.9. The Bertz CT molecular complexity index is 664. The first-order valence-electron chi connectivity index (χ1n) is 5.51. The fourth-order valence-corrected chi connectivity index (χ4v) is 2.14. The molecule has 2 rings (SSSR count). The van der Waals surface area contributed by atoms with Gasteiger partial charge in [-0.3, -0.25) is 0 Å². The zero-order chi connectivity index (χ0) is 14.7. The number of carboxylic acid groups (broad SMARTS) is 1. The van der Waals surface area contributed by atoms with Crippen molar-refractivity contribution in [1.29, 1.82) is 0 Å². The van der Waals surface area contributed by atoms with Gasteiger partial charge >= 0.3 is 5.97 Å². The van der Waals surface area contributed by atoms with Crippen LogP contribution in [0.3, 0.4) is 0 Å². The summed E-state index contributed by atoms with van der Waals surface area (Å²) >= 11 is 9.12. The van der Waals surface area contributed by atoms with Gasteiger partial charge in [0.1, 0.15) is 11.6 Å². The normalized spacial score (nSPS) is 10.2. The molecule has 0 aliphatic carbocycles. The molecule has 0 amide bonds. The zero-order valence-corrected chi connectivity index (χ0v) is 12.7. The third kappa shape index (κ3) is 3.20. The standard InChI is InChI=1S/C13H10BrClN2O3/c1-20-10-6-7(2-3-8(10)14)16-11-5-4-9(15)12(17-11)13(18)19/h2-6H,1H3,(H,16,17)(H,18,19). The van der Waals surface area contributed by atoms with Crippen LogP contribution in [0.4, 0.5) is 11.5 Å². The second kappa shape index (κ2) is 6.11. The quantitative estimate of drug-likeness (QED) is 0.867. The number of aromatic nitrogens is 1. The molecule has 2 aromatic rings. The van der Waals surface area contributed by atoms with Crippen molar-refractivity contribution in [3.8, 4) is 5.75 Å². The van der Waals surface area contributed by atoms with Crippen LogP contribution in [0.15, 0.2) is 34.8 Å². The molecule has 0 radical (unpaired) electrons. The van der Waals surface area contributed by atoms with E-state index in [0.29, 0.717) is 11.6 Å². The van der Waals surface area contributed by atoms with Crippen molar-refractivity contribution >= 4 is 45.0 Å². The average molecular weight is 358 g/mol. The number of carbonyl (C=O) groups is 1. The number of hydrogen-bond acceptors (Lipinski definition) is 4. The van der Waals surface area contributed by atoms with E-state index in [4.69, 9.17) is 21.4 Å². The van der Waals surface area contributed by atoms with Gasteiger partial charge in [-0.1, -0.05) is 11.6 Å². The lowest BCUT2D eigenvalue weighted by atomic mass is 10.3. The van der Waals surface area contributed by atoms with Crippen molar-refractivity contribution in [2.24, 2.45) is 0 Å². The molecular weight excluding hydrogens is 348 g/mol. The number of rotatable bonds is 4. The average Bonchev–Trinajstić information content (AvgIpc) is 2.42. The van der Waals surface area contributed by atoms with Crippen LogP contribution in [0, 0.1) is 0 Å². The number of methoxy groups -OCH3 is 1. The molecule has 7 heteroatoms. The first-order chi connectivity index (χ1) is 9.51. The maximum Gasteiger partial charge on any atom is 0.356 e. The Morgan fingerprint density at radius 2 is 2.15 bits per heavy atom. The van der Waals surface area contributed by atoms with Gasteiger partial charge in [0.05, 0.1) is 16.6 Å². The number of halogens is 2. The smallest absolute Gasteiger partial charge is 0.356 e. The Balaban J connectivity index is 2.30. The maximum atomic E-state index is 11.0. The third-order valence-corrected chi connectivity index (χ3v) is 3.43. The van der Waals surface area contributed by atoms with E-state index in [-0.39, 0.29) is 10.7 Å². The van der Waals surface area contributed by atoms with Crippen molar-refractivity contribution < 1.29 is 14.6 Å². The molecule has 0 spiro atoms. The van der Waals surface area contributed by atoms with E-state index in [2.05, 4.69) is 26.2 Å². The highest BCUT2D eigenvalue weighted by Crippen LogP contribution is 2.29. The molecule has 5 nitrogen and oxygen atoms in total. The molecule has 1 aromatic heterocycles. The Morgan fingerprint density at radius 1 is 1.40 bits per heavy atom. The number of nitrogens with zero attached hydrogens (tertiary/aromatic N) is 1. The summed E-state index contributed by atoms with van der Waals surface area (Å²) in [5, 5.41) is 12.1. The van der Waals surface area contributed by atoms with Crippen molar-refractivity contribution in [3.63, 3.8) is 0 Å². The predicted octanol–water partition coefficient (Wildman–Crippen LogP) is 3.95. The second-order valence-corrected chi connectivity index (χ2v) is 5.07. The van der Waals surface area contributed by atoms with E-state index >= 15 is 0 Å². The summed E-state index contributed by atoms with van der Waals surface area (Å²) in [5.74, 6) is -0.134. The van der Waals surface area contributed by atoms with Gasteiger partial charge in [0.15, 0.2) is 5.69 Å². The van der Waals surface area contributed by atoms with Crippen molar-refractivity contribution in [2.45, 2.75) is 0 Å². The molecule has 0 atom stereocenters. The maximum absolute atomic E-state index is 11.0. The third-order valence-electron chi connectivity index (χ3n) is 2.47. The minimum atomic E-state index is -1.17. The highest BCUT2D eigenvalue weighted by molar-refractivity contribution is 9.10. The molecule has 1 heterocycles. The van der Waals surface area contributed by atoms with E-state index in [1.807, 2.05) is 12.1 Å². The van der Waals surface area contributed by atoms with Gasteiger partial charge in [-0.15, -0.1) is 0 Å². The molecule has 0 aliphatic heterocycles. The minimum Gasteiger partial charge on any atom is -0.495 e. The van der Waals surface area contributed by atoms with Gasteiger partial charge in [-0.05, 0) is 40.2 Å². The van der Waals surface area contributed by atoms with Crippen LogP contribution in [0.2, 0.25) is 5.02 Å². The second-order valence-electron chi connectivity index (χ2n) is 3.81. The highest BCUT2D eigenvalue weighted by Gasteiger charge is 2.11. The van der Waals surface area contributed by atoms with Gasteiger partial charge in [0.25, 0.3) is 0 Å².